The summed E-state index contributed by atoms with van der Waals surface area (Å²) in [4.78, 5) is 13.5. The number of hydrogen-bond acceptors (Lipinski definition) is 6. The normalized spacial score (nSPS) is 14.3. The summed E-state index contributed by atoms with van der Waals surface area (Å²) < 4.78 is 17.4. The zero-order chi connectivity index (χ0) is 26.5. The predicted molar refractivity (Wildman–Crippen MR) is 144 cm³/mol. The monoisotopic (exact) mass is 502 g/mol. The summed E-state index contributed by atoms with van der Waals surface area (Å²) >= 11 is 0. The average Bonchev–Trinajstić information content (AvgIpc) is 2.94. The maximum Gasteiger partial charge on any atom is 0.323 e. The second-order valence-corrected chi connectivity index (χ2v) is 8.81. The van der Waals surface area contributed by atoms with E-state index >= 15 is 0 Å². The van der Waals surface area contributed by atoms with Crippen LogP contribution in [0.1, 0.15) is 41.0 Å². The first-order valence-corrected chi connectivity index (χ1v) is 12.3. The van der Waals surface area contributed by atoms with Crippen LogP contribution in [-0.2, 0) is 4.79 Å². The summed E-state index contributed by atoms with van der Waals surface area (Å²) in [5.74, 6) is -0.00140. The van der Waals surface area contributed by atoms with Gasteiger partial charge in [-0.25, -0.2) is 0 Å². The molecule has 4 aromatic carbocycles. The number of carbonyl (C=O) groups excluding carboxylic acids is 1. The Kier molecular flexibility index (Phi) is 7.10. The molecule has 0 aromatic heterocycles. The van der Waals surface area contributed by atoms with Crippen molar-refractivity contribution in [2.45, 2.75) is 18.8 Å². The van der Waals surface area contributed by atoms with Gasteiger partial charge in [-0.15, -0.1) is 0 Å². The quantitative estimate of drug-likeness (QED) is 0.245. The topological polar surface area (TPSA) is 94.6 Å². The molecule has 1 aliphatic rings. The predicted octanol–water partition coefficient (Wildman–Crippen LogP) is 6.04. The van der Waals surface area contributed by atoms with Crippen LogP contribution >= 0.6 is 0 Å². The minimum atomic E-state index is -0.599. The van der Waals surface area contributed by atoms with Gasteiger partial charge in [0.2, 0.25) is 5.88 Å². The van der Waals surface area contributed by atoms with E-state index < -0.39 is 17.8 Å². The van der Waals surface area contributed by atoms with E-state index in [1.165, 1.54) is 0 Å². The minimum Gasteiger partial charge on any atom is -0.494 e. The van der Waals surface area contributed by atoms with Crippen LogP contribution in [0.15, 0.2) is 115 Å². The molecule has 0 spiro atoms. The van der Waals surface area contributed by atoms with Crippen molar-refractivity contribution in [1.29, 1.82) is 5.26 Å². The van der Waals surface area contributed by atoms with Gasteiger partial charge in [0.25, 0.3) is 0 Å². The van der Waals surface area contributed by atoms with Crippen molar-refractivity contribution in [2.24, 2.45) is 5.73 Å². The number of esters is 1. The number of nitrogens with zero attached hydrogens (tertiary/aromatic N) is 1. The van der Waals surface area contributed by atoms with Crippen molar-refractivity contribution in [3.8, 4) is 23.3 Å². The Hall–Kier alpha value is -5.02. The molecule has 6 nitrogen and oxygen atoms in total. The maximum atomic E-state index is 13.5. The van der Waals surface area contributed by atoms with Gasteiger partial charge < -0.3 is 19.9 Å². The van der Waals surface area contributed by atoms with Gasteiger partial charge in [0.15, 0.2) is 0 Å². The lowest BCUT2D eigenvalue weighted by Gasteiger charge is -2.27. The number of carbonyl (C=O) groups is 1. The standard InChI is InChI=1S/C32H26N2O4/c1-2-36-24-15-9-14-23(18-24)30-26-17-16-25(19-28(26)38-31(34)27(30)20-33)37-32(35)29(21-10-5-3-6-11-21)22-12-7-4-8-13-22/h3-19,29-30H,2,34H2,1H3. The van der Waals surface area contributed by atoms with Crippen molar-refractivity contribution >= 4 is 5.97 Å². The molecule has 0 radical (unpaired) electrons. The summed E-state index contributed by atoms with van der Waals surface area (Å²) in [7, 11) is 0. The number of rotatable bonds is 7. The summed E-state index contributed by atoms with van der Waals surface area (Å²) in [6, 6.07) is 33.9. The number of hydrogen-bond donors (Lipinski definition) is 1. The van der Waals surface area contributed by atoms with Crippen LogP contribution in [0.3, 0.4) is 0 Å². The molecule has 0 saturated heterocycles. The Morgan fingerprint density at radius 3 is 2.24 bits per heavy atom. The Morgan fingerprint density at radius 2 is 1.61 bits per heavy atom. The zero-order valence-electron chi connectivity index (χ0n) is 20.8. The van der Waals surface area contributed by atoms with Crippen LogP contribution in [0.5, 0.6) is 17.2 Å². The van der Waals surface area contributed by atoms with Gasteiger partial charge in [0, 0.05) is 11.6 Å². The second-order valence-electron chi connectivity index (χ2n) is 8.81. The highest BCUT2D eigenvalue weighted by Gasteiger charge is 2.32. The van der Waals surface area contributed by atoms with E-state index in [9.17, 15) is 10.1 Å². The highest BCUT2D eigenvalue weighted by molar-refractivity contribution is 5.84. The molecule has 1 heterocycles. The minimum absolute atomic E-state index is 0.0155. The molecule has 0 amide bonds. The molecule has 2 N–H and O–H groups in total. The molecule has 0 fully saturated rings. The number of nitrogens with two attached hydrogens (primary N) is 1. The molecule has 188 valence electrons. The Labute approximate surface area is 221 Å². The van der Waals surface area contributed by atoms with E-state index in [0.717, 1.165) is 22.3 Å². The molecule has 4 aromatic rings. The van der Waals surface area contributed by atoms with Crippen LogP contribution in [0.4, 0.5) is 0 Å². The summed E-state index contributed by atoms with van der Waals surface area (Å²) in [6.45, 7) is 2.44. The van der Waals surface area contributed by atoms with Crippen LogP contribution < -0.4 is 19.9 Å². The van der Waals surface area contributed by atoms with Crippen molar-refractivity contribution in [2.75, 3.05) is 6.61 Å². The van der Waals surface area contributed by atoms with Gasteiger partial charge in [0.1, 0.15) is 34.8 Å². The summed E-state index contributed by atoms with van der Waals surface area (Å²) in [6.07, 6.45) is 0. The van der Waals surface area contributed by atoms with Crippen molar-refractivity contribution in [1.82, 2.24) is 0 Å². The van der Waals surface area contributed by atoms with Gasteiger partial charge in [-0.1, -0.05) is 78.9 Å². The lowest BCUT2D eigenvalue weighted by Crippen LogP contribution is -2.22. The van der Waals surface area contributed by atoms with Gasteiger partial charge in [-0.05, 0) is 41.8 Å². The molecule has 5 rings (SSSR count). The fourth-order valence-electron chi connectivity index (χ4n) is 4.72. The molecule has 0 aliphatic carbocycles. The van der Waals surface area contributed by atoms with Crippen LogP contribution in [0.25, 0.3) is 0 Å². The van der Waals surface area contributed by atoms with Gasteiger partial charge in [0.05, 0.1) is 12.5 Å². The molecular formula is C32H26N2O4. The Morgan fingerprint density at radius 1 is 0.921 bits per heavy atom. The molecule has 6 heteroatoms. The van der Waals surface area contributed by atoms with Crippen molar-refractivity contribution in [3.05, 3.63) is 137 Å². The Balaban J connectivity index is 1.49. The van der Waals surface area contributed by atoms with E-state index in [4.69, 9.17) is 19.9 Å². The second kappa shape index (κ2) is 10.9. The third-order valence-corrected chi connectivity index (χ3v) is 6.41. The highest BCUT2D eigenvalue weighted by atomic mass is 16.5. The molecule has 38 heavy (non-hydrogen) atoms. The number of ether oxygens (including phenoxy) is 3. The third kappa shape index (κ3) is 4.95. The number of fused-ring (bicyclic) bond motifs is 1. The van der Waals surface area contributed by atoms with Gasteiger partial charge >= 0.3 is 5.97 Å². The van der Waals surface area contributed by atoms with Gasteiger partial charge in [-0.3, -0.25) is 4.79 Å². The third-order valence-electron chi connectivity index (χ3n) is 6.41. The average molecular weight is 503 g/mol. The highest BCUT2D eigenvalue weighted by Crippen LogP contribution is 2.44. The lowest BCUT2D eigenvalue weighted by atomic mass is 9.83. The number of allylic oxidation sites excluding steroid dienone is 1. The molecule has 0 bridgehead atoms. The largest absolute Gasteiger partial charge is 0.494 e. The fourth-order valence-corrected chi connectivity index (χ4v) is 4.72. The van der Waals surface area contributed by atoms with Crippen molar-refractivity contribution in [3.63, 3.8) is 0 Å². The lowest BCUT2D eigenvalue weighted by molar-refractivity contribution is -0.135. The van der Waals surface area contributed by atoms with E-state index in [1.807, 2.05) is 91.9 Å². The molecule has 1 unspecified atom stereocenters. The molecule has 0 saturated carbocycles. The summed E-state index contributed by atoms with van der Waals surface area (Å²) in [5.41, 5.74) is 9.74. The SMILES string of the molecule is CCOc1cccc(C2C(C#N)=C(N)Oc3cc(OC(=O)C(c4ccccc4)c4ccccc4)ccc32)c1. The van der Waals surface area contributed by atoms with E-state index in [-0.39, 0.29) is 5.88 Å². The van der Waals surface area contributed by atoms with Crippen LogP contribution in [0.2, 0.25) is 0 Å². The first kappa shape index (κ1) is 24.7. The molecule has 1 aliphatic heterocycles. The van der Waals surface area contributed by atoms with Crippen LogP contribution in [0, 0.1) is 11.3 Å². The molecule has 1 atom stereocenters. The van der Waals surface area contributed by atoms with Gasteiger partial charge in [-0.2, -0.15) is 5.26 Å². The molecular weight excluding hydrogens is 476 g/mol. The van der Waals surface area contributed by atoms with Crippen LogP contribution in [-0.4, -0.2) is 12.6 Å². The van der Waals surface area contributed by atoms with E-state index in [0.29, 0.717) is 29.4 Å². The fraction of sp³-hybridized carbons (Fsp3) is 0.125. The Bertz CT molecular complexity index is 1480. The smallest absolute Gasteiger partial charge is 0.323 e. The zero-order valence-corrected chi connectivity index (χ0v) is 20.8. The maximum absolute atomic E-state index is 13.5. The number of nitriles is 1. The first-order chi connectivity index (χ1) is 18.6. The van der Waals surface area contributed by atoms with E-state index in [2.05, 4.69) is 6.07 Å². The first-order valence-electron chi connectivity index (χ1n) is 12.3. The number of benzene rings is 4. The summed E-state index contributed by atoms with van der Waals surface area (Å²) in [5, 5.41) is 9.87. The van der Waals surface area contributed by atoms with E-state index in [1.54, 1.807) is 18.2 Å². The van der Waals surface area contributed by atoms with Crippen molar-refractivity contribution < 1.29 is 19.0 Å².